The van der Waals surface area contributed by atoms with Crippen LogP contribution in [0.1, 0.15) is 22.7 Å². The normalized spacial score (nSPS) is 11.5. The number of carboxylic acid groups (broad SMARTS) is 1. The maximum Gasteiger partial charge on any atom is 0.327 e. The van der Waals surface area contributed by atoms with E-state index in [1.54, 1.807) is 13.0 Å². The van der Waals surface area contributed by atoms with Crippen molar-refractivity contribution in [3.8, 4) is 12.3 Å². The van der Waals surface area contributed by atoms with Gasteiger partial charge in [-0.05, 0) is 19.1 Å². The van der Waals surface area contributed by atoms with Crippen LogP contribution in [-0.2, 0) is 4.79 Å². The number of aryl methyl sites for hydroxylation is 1. The molecule has 1 amide bonds. The van der Waals surface area contributed by atoms with E-state index in [4.69, 9.17) is 15.9 Å². The van der Waals surface area contributed by atoms with Gasteiger partial charge in [-0.2, -0.15) is 0 Å². The van der Waals surface area contributed by atoms with Crippen molar-refractivity contribution >= 4 is 11.9 Å². The second-order valence-corrected chi connectivity index (χ2v) is 3.18. The Morgan fingerprint density at radius 3 is 2.75 bits per heavy atom. The van der Waals surface area contributed by atoms with Gasteiger partial charge in [-0.1, -0.05) is 0 Å². The van der Waals surface area contributed by atoms with Gasteiger partial charge < -0.3 is 14.8 Å². The third-order valence-electron chi connectivity index (χ3n) is 1.89. The summed E-state index contributed by atoms with van der Waals surface area (Å²) in [6, 6.07) is 1.99. The summed E-state index contributed by atoms with van der Waals surface area (Å²) in [4.78, 5) is 22.2. The van der Waals surface area contributed by atoms with Crippen LogP contribution in [0, 0.1) is 19.3 Å². The van der Waals surface area contributed by atoms with E-state index in [-0.39, 0.29) is 12.2 Å². The molecular formula is C11H11NO4. The van der Waals surface area contributed by atoms with E-state index in [2.05, 4.69) is 11.2 Å². The van der Waals surface area contributed by atoms with Crippen LogP contribution in [0.2, 0.25) is 0 Å². The van der Waals surface area contributed by atoms with Gasteiger partial charge in [-0.25, -0.2) is 4.79 Å². The number of furan rings is 1. The molecule has 2 N–H and O–H groups in total. The van der Waals surface area contributed by atoms with Crippen molar-refractivity contribution in [1.82, 2.24) is 5.32 Å². The molecule has 1 heterocycles. The minimum absolute atomic E-state index is 0.0687. The molecule has 84 valence electrons. The van der Waals surface area contributed by atoms with Crippen molar-refractivity contribution in [3.05, 3.63) is 23.7 Å². The predicted molar refractivity (Wildman–Crippen MR) is 55.8 cm³/mol. The molecule has 5 nitrogen and oxygen atoms in total. The van der Waals surface area contributed by atoms with Crippen molar-refractivity contribution in [2.24, 2.45) is 0 Å². The number of amides is 1. The minimum Gasteiger partial charge on any atom is -0.480 e. The maximum absolute atomic E-state index is 11.5. The fourth-order valence-electron chi connectivity index (χ4n) is 1.10. The van der Waals surface area contributed by atoms with E-state index in [9.17, 15) is 9.59 Å². The molecule has 0 fully saturated rings. The molecule has 0 spiro atoms. The van der Waals surface area contributed by atoms with E-state index in [0.29, 0.717) is 5.76 Å². The molecule has 0 aliphatic carbocycles. The van der Waals surface area contributed by atoms with Gasteiger partial charge in [0, 0.05) is 6.42 Å². The second-order valence-electron chi connectivity index (χ2n) is 3.18. The minimum atomic E-state index is -1.17. The molecule has 0 aliphatic rings. The Hall–Kier alpha value is -2.22. The van der Waals surface area contributed by atoms with Crippen molar-refractivity contribution in [2.45, 2.75) is 19.4 Å². The molecule has 0 saturated heterocycles. The molecule has 1 aromatic heterocycles. The van der Waals surface area contributed by atoms with Gasteiger partial charge >= 0.3 is 5.97 Å². The van der Waals surface area contributed by atoms with Crippen LogP contribution in [0.3, 0.4) is 0 Å². The molecule has 0 saturated carbocycles. The van der Waals surface area contributed by atoms with Crippen LogP contribution in [-0.4, -0.2) is 23.0 Å². The zero-order valence-corrected chi connectivity index (χ0v) is 8.69. The fourth-order valence-corrected chi connectivity index (χ4v) is 1.10. The average molecular weight is 221 g/mol. The molecule has 0 radical (unpaired) electrons. The lowest BCUT2D eigenvalue weighted by molar-refractivity contribution is -0.139. The van der Waals surface area contributed by atoms with E-state index < -0.39 is 17.9 Å². The Morgan fingerprint density at radius 2 is 2.31 bits per heavy atom. The predicted octanol–water partition coefficient (Wildman–Crippen LogP) is 0.794. The first kappa shape index (κ1) is 11.9. The highest BCUT2D eigenvalue weighted by Gasteiger charge is 2.20. The van der Waals surface area contributed by atoms with Crippen LogP contribution in [0.5, 0.6) is 0 Å². The molecule has 16 heavy (non-hydrogen) atoms. The molecule has 0 aromatic carbocycles. The molecule has 5 heteroatoms. The number of hydrogen-bond donors (Lipinski definition) is 2. The molecule has 1 unspecified atom stereocenters. The van der Waals surface area contributed by atoms with E-state index in [1.165, 1.54) is 6.07 Å². The topological polar surface area (TPSA) is 79.5 Å². The van der Waals surface area contributed by atoms with Gasteiger partial charge in [0.05, 0.1) is 0 Å². The van der Waals surface area contributed by atoms with Gasteiger partial charge in [0.1, 0.15) is 11.8 Å². The van der Waals surface area contributed by atoms with Crippen LogP contribution in [0.25, 0.3) is 0 Å². The van der Waals surface area contributed by atoms with Crippen LogP contribution in [0.15, 0.2) is 16.5 Å². The quantitative estimate of drug-likeness (QED) is 0.737. The van der Waals surface area contributed by atoms with E-state index >= 15 is 0 Å². The maximum atomic E-state index is 11.5. The van der Waals surface area contributed by atoms with Crippen molar-refractivity contribution in [3.63, 3.8) is 0 Å². The van der Waals surface area contributed by atoms with Crippen molar-refractivity contribution < 1.29 is 19.1 Å². The Balaban J connectivity index is 2.69. The molecule has 1 rings (SSSR count). The van der Waals surface area contributed by atoms with Gasteiger partial charge in [0.2, 0.25) is 0 Å². The van der Waals surface area contributed by atoms with E-state index in [0.717, 1.165) is 0 Å². The van der Waals surface area contributed by atoms with Gasteiger partial charge in [-0.3, -0.25) is 4.79 Å². The Morgan fingerprint density at radius 1 is 1.62 bits per heavy atom. The highest BCUT2D eigenvalue weighted by atomic mass is 16.4. The monoisotopic (exact) mass is 221 g/mol. The third kappa shape index (κ3) is 2.89. The number of carboxylic acids is 1. The third-order valence-corrected chi connectivity index (χ3v) is 1.89. The summed E-state index contributed by atoms with van der Waals surface area (Å²) in [7, 11) is 0. The molecule has 0 bridgehead atoms. The molecule has 0 aliphatic heterocycles. The number of aliphatic carboxylic acids is 1. The largest absolute Gasteiger partial charge is 0.480 e. The van der Waals surface area contributed by atoms with Gasteiger partial charge in [0.15, 0.2) is 5.76 Å². The van der Waals surface area contributed by atoms with E-state index in [1.807, 2.05) is 0 Å². The summed E-state index contributed by atoms with van der Waals surface area (Å²) in [5, 5.41) is 11.0. The number of terminal acetylenes is 1. The lowest BCUT2D eigenvalue weighted by Crippen LogP contribution is -2.40. The van der Waals surface area contributed by atoms with Crippen molar-refractivity contribution in [1.29, 1.82) is 0 Å². The number of carbonyl (C=O) groups excluding carboxylic acids is 1. The number of carbonyl (C=O) groups is 2. The average Bonchev–Trinajstić information content (AvgIpc) is 2.64. The summed E-state index contributed by atoms with van der Waals surface area (Å²) < 4.78 is 5.05. The fraction of sp³-hybridized carbons (Fsp3) is 0.273. The first-order valence-corrected chi connectivity index (χ1v) is 4.58. The summed E-state index contributed by atoms with van der Waals surface area (Å²) in [6.07, 6.45) is 4.93. The summed E-state index contributed by atoms with van der Waals surface area (Å²) >= 11 is 0. The first-order chi connectivity index (χ1) is 7.54. The SMILES string of the molecule is C#CCC(NC(=O)c1ccc(C)o1)C(=O)O. The van der Waals surface area contributed by atoms with Crippen LogP contribution in [0.4, 0.5) is 0 Å². The van der Waals surface area contributed by atoms with Crippen LogP contribution < -0.4 is 5.32 Å². The lowest BCUT2D eigenvalue weighted by Gasteiger charge is -2.09. The van der Waals surface area contributed by atoms with Crippen molar-refractivity contribution in [2.75, 3.05) is 0 Å². The Bertz CT molecular complexity index is 441. The second kappa shape index (κ2) is 5.03. The first-order valence-electron chi connectivity index (χ1n) is 4.58. The van der Waals surface area contributed by atoms with Gasteiger partial charge in [-0.15, -0.1) is 12.3 Å². The highest BCUT2D eigenvalue weighted by Crippen LogP contribution is 2.06. The highest BCUT2D eigenvalue weighted by molar-refractivity contribution is 5.94. The summed E-state index contributed by atoms with van der Waals surface area (Å²) in [5.41, 5.74) is 0. The molecule has 1 aromatic rings. The number of hydrogen-bond acceptors (Lipinski definition) is 3. The lowest BCUT2D eigenvalue weighted by atomic mass is 10.2. The Kier molecular flexibility index (Phi) is 3.72. The zero-order chi connectivity index (χ0) is 12.1. The summed E-state index contributed by atoms with van der Waals surface area (Å²) in [6.45, 7) is 1.69. The van der Waals surface area contributed by atoms with Gasteiger partial charge in [0.25, 0.3) is 5.91 Å². The number of rotatable bonds is 4. The number of nitrogens with one attached hydrogen (secondary N) is 1. The zero-order valence-electron chi connectivity index (χ0n) is 8.69. The standard InChI is InChI=1S/C11H11NO4/c1-3-4-8(11(14)15)12-10(13)9-6-5-7(2)16-9/h1,5-6,8H,4H2,2H3,(H,12,13)(H,14,15). The summed E-state index contributed by atoms with van der Waals surface area (Å²) in [5.74, 6) is 1.07. The molecular weight excluding hydrogens is 210 g/mol. The van der Waals surface area contributed by atoms with Crippen LogP contribution >= 0.6 is 0 Å². The smallest absolute Gasteiger partial charge is 0.327 e. The Labute approximate surface area is 92.4 Å². The molecule has 1 atom stereocenters.